The van der Waals surface area contributed by atoms with E-state index < -0.39 is 7.14 Å². The summed E-state index contributed by atoms with van der Waals surface area (Å²) in [6.07, 6.45) is 0. The lowest BCUT2D eigenvalue weighted by Crippen LogP contribution is -2.25. The molecule has 3 rings (SSSR count). The SMILES string of the molecule is Cc1ccc(P(=O)(c2ccccc2)c2ccccc2)cc1C. The van der Waals surface area contributed by atoms with Crippen LogP contribution in [0.1, 0.15) is 11.1 Å². The lowest BCUT2D eigenvalue weighted by Gasteiger charge is -2.20. The van der Waals surface area contributed by atoms with Crippen LogP contribution in [0.2, 0.25) is 0 Å². The van der Waals surface area contributed by atoms with Crippen LogP contribution in [0.3, 0.4) is 0 Å². The van der Waals surface area contributed by atoms with Crippen LogP contribution in [0.5, 0.6) is 0 Å². The average molecular weight is 306 g/mol. The molecule has 0 aliphatic rings. The van der Waals surface area contributed by atoms with Crippen LogP contribution in [-0.4, -0.2) is 0 Å². The van der Waals surface area contributed by atoms with E-state index in [9.17, 15) is 4.57 Å². The molecule has 0 fully saturated rings. The Labute approximate surface area is 132 Å². The van der Waals surface area contributed by atoms with Gasteiger partial charge in [-0.15, -0.1) is 0 Å². The molecule has 1 nitrogen and oxygen atoms in total. The van der Waals surface area contributed by atoms with Crippen LogP contribution in [0.4, 0.5) is 0 Å². The standard InChI is InChI=1S/C20H19OP/c1-16-13-14-20(15-17(16)2)22(21,18-9-5-3-6-10-18)19-11-7-4-8-12-19/h3-15H,1-2H3. The number of aryl methyl sites for hydroxylation is 2. The Morgan fingerprint density at radius 1 is 0.591 bits per heavy atom. The summed E-state index contributed by atoms with van der Waals surface area (Å²) in [5.74, 6) is 0. The Bertz CT molecular complexity index is 779. The van der Waals surface area contributed by atoms with Crippen molar-refractivity contribution in [1.82, 2.24) is 0 Å². The molecule has 3 aromatic carbocycles. The maximum atomic E-state index is 14.1. The first-order chi connectivity index (χ1) is 10.6. The van der Waals surface area contributed by atoms with E-state index in [2.05, 4.69) is 26.0 Å². The van der Waals surface area contributed by atoms with Gasteiger partial charge < -0.3 is 4.57 Å². The molecule has 0 atom stereocenters. The van der Waals surface area contributed by atoms with Gasteiger partial charge in [0.2, 0.25) is 0 Å². The summed E-state index contributed by atoms with van der Waals surface area (Å²) in [5.41, 5.74) is 2.39. The first kappa shape index (κ1) is 14.8. The summed E-state index contributed by atoms with van der Waals surface area (Å²) in [6.45, 7) is 4.15. The fourth-order valence-corrected chi connectivity index (χ4v) is 5.38. The van der Waals surface area contributed by atoms with Crippen molar-refractivity contribution >= 4 is 23.1 Å². The molecular weight excluding hydrogens is 287 g/mol. The number of hydrogen-bond acceptors (Lipinski definition) is 1. The Morgan fingerprint density at radius 3 is 1.55 bits per heavy atom. The fourth-order valence-electron chi connectivity index (χ4n) is 2.64. The molecule has 0 bridgehead atoms. The van der Waals surface area contributed by atoms with Crippen molar-refractivity contribution < 1.29 is 4.57 Å². The zero-order chi connectivity index (χ0) is 15.6. The van der Waals surface area contributed by atoms with Gasteiger partial charge in [-0.25, -0.2) is 0 Å². The summed E-state index contributed by atoms with van der Waals surface area (Å²) >= 11 is 0. The minimum Gasteiger partial charge on any atom is -0.309 e. The lowest BCUT2D eigenvalue weighted by molar-refractivity contribution is 0.592. The van der Waals surface area contributed by atoms with Gasteiger partial charge in [-0.05, 0) is 31.0 Å². The molecule has 22 heavy (non-hydrogen) atoms. The second kappa shape index (κ2) is 5.94. The molecular formula is C20H19OP. The Hall–Kier alpha value is -2.11. The van der Waals surface area contributed by atoms with Crippen molar-refractivity contribution in [2.24, 2.45) is 0 Å². The monoisotopic (exact) mass is 306 g/mol. The van der Waals surface area contributed by atoms with E-state index in [-0.39, 0.29) is 0 Å². The summed E-state index contributed by atoms with van der Waals surface area (Å²) in [5, 5.41) is 2.65. The number of rotatable bonds is 3. The normalized spacial score (nSPS) is 11.4. The third kappa shape index (κ3) is 2.53. The van der Waals surface area contributed by atoms with Crippen molar-refractivity contribution in [1.29, 1.82) is 0 Å². The van der Waals surface area contributed by atoms with Crippen LogP contribution in [-0.2, 0) is 4.57 Å². The van der Waals surface area contributed by atoms with Crippen LogP contribution in [0.15, 0.2) is 78.9 Å². The molecule has 0 heterocycles. The highest BCUT2D eigenvalue weighted by atomic mass is 31.2. The van der Waals surface area contributed by atoms with E-state index in [0.29, 0.717) is 0 Å². The highest BCUT2D eigenvalue weighted by molar-refractivity contribution is 7.85. The van der Waals surface area contributed by atoms with E-state index in [1.165, 1.54) is 11.1 Å². The molecule has 0 amide bonds. The fraction of sp³-hybridized carbons (Fsp3) is 0.100. The molecule has 0 saturated carbocycles. The van der Waals surface area contributed by atoms with E-state index in [1.807, 2.05) is 66.7 Å². The predicted molar refractivity (Wildman–Crippen MR) is 95.3 cm³/mol. The van der Waals surface area contributed by atoms with Crippen LogP contribution >= 0.6 is 7.14 Å². The van der Waals surface area contributed by atoms with Crippen molar-refractivity contribution in [3.63, 3.8) is 0 Å². The van der Waals surface area contributed by atoms with Gasteiger partial charge in [0.05, 0.1) is 0 Å². The molecule has 0 saturated heterocycles. The third-order valence-corrected chi connectivity index (χ3v) is 7.15. The van der Waals surface area contributed by atoms with E-state index in [1.54, 1.807) is 0 Å². The van der Waals surface area contributed by atoms with Crippen molar-refractivity contribution in [3.05, 3.63) is 90.0 Å². The number of hydrogen-bond donors (Lipinski definition) is 0. The molecule has 110 valence electrons. The van der Waals surface area contributed by atoms with Gasteiger partial charge in [-0.2, -0.15) is 0 Å². The third-order valence-electron chi connectivity index (χ3n) is 4.09. The van der Waals surface area contributed by atoms with E-state index in [0.717, 1.165) is 15.9 Å². The van der Waals surface area contributed by atoms with Gasteiger partial charge in [0.15, 0.2) is 7.14 Å². The van der Waals surface area contributed by atoms with Crippen LogP contribution in [0, 0.1) is 13.8 Å². The highest BCUT2D eigenvalue weighted by Gasteiger charge is 2.29. The van der Waals surface area contributed by atoms with Crippen LogP contribution in [0.25, 0.3) is 0 Å². The van der Waals surface area contributed by atoms with Crippen molar-refractivity contribution in [3.8, 4) is 0 Å². The summed E-state index contributed by atoms with van der Waals surface area (Å²) in [4.78, 5) is 0. The van der Waals surface area contributed by atoms with Gasteiger partial charge in [0, 0.05) is 15.9 Å². The molecule has 2 heteroatoms. The number of benzene rings is 3. The van der Waals surface area contributed by atoms with Gasteiger partial charge in [0.25, 0.3) is 0 Å². The molecule has 0 aliphatic heterocycles. The minimum atomic E-state index is -2.82. The minimum absolute atomic E-state index is 0.879. The maximum absolute atomic E-state index is 14.1. The molecule has 0 N–H and O–H groups in total. The molecule has 0 aliphatic carbocycles. The Kier molecular flexibility index (Phi) is 4.00. The molecule has 0 spiro atoms. The van der Waals surface area contributed by atoms with E-state index >= 15 is 0 Å². The lowest BCUT2D eigenvalue weighted by atomic mass is 10.1. The average Bonchev–Trinajstić information content (AvgIpc) is 2.58. The summed E-state index contributed by atoms with van der Waals surface area (Å²) in [7, 11) is -2.82. The zero-order valence-electron chi connectivity index (χ0n) is 12.9. The summed E-state index contributed by atoms with van der Waals surface area (Å²) < 4.78 is 14.1. The zero-order valence-corrected chi connectivity index (χ0v) is 13.8. The quantitative estimate of drug-likeness (QED) is 0.670. The first-order valence-electron chi connectivity index (χ1n) is 7.41. The van der Waals surface area contributed by atoms with Gasteiger partial charge in [-0.3, -0.25) is 0 Å². The highest BCUT2D eigenvalue weighted by Crippen LogP contribution is 2.42. The molecule has 0 unspecified atom stereocenters. The topological polar surface area (TPSA) is 17.1 Å². The smallest absolute Gasteiger partial charge is 0.171 e. The van der Waals surface area contributed by atoms with Gasteiger partial charge >= 0.3 is 0 Å². The Balaban J connectivity index is 2.28. The second-order valence-corrected chi connectivity index (χ2v) is 8.32. The summed E-state index contributed by atoms with van der Waals surface area (Å²) in [6, 6.07) is 25.7. The van der Waals surface area contributed by atoms with Crippen molar-refractivity contribution in [2.45, 2.75) is 13.8 Å². The van der Waals surface area contributed by atoms with E-state index in [4.69, 9.17) is 0 Å². The molecule has 0 aromatic heterocycles. The first-order valence-corrected chi connectivity index (χ1v) is 9.12. The van der Waals surface area contributed by atoms with Crippen molar-refractivity contribution in [2.75, 3.05) is 0 Å². The van der Waals surface area contributed by atoms with Crippen LogP contribution < -0.4 is 15.9 Å². The van der Waals surface area contributed by atoms with Gasteiger partial charge in [0.1, 0.15) is 0 Å². The molecule has 3 aromatic rings. The predicted octanol–water partition coefficient (Wildman–Crippen LogP) is 3.94. The second-order valence-electron chi connectivity index (χ2n) is 5.55. The maximum Gasteiger partial charge on any atom is 0.171 e. The Morgan fingerprint density at radius 2 is 1.09 bits per heavy atom. The largest absolute Gasteiger partial charge is 0.309 e. The van der Waals surface area contributed by atoms with Gasteiger partial charge in [-0.1, -0.05) is 72.8 Å². The molecule has 0 radical (unpaired) electrons.